The van der Waals surface area contributed by atoms with E-state index in [1.165, 1.54) is 21.0 Å². The minimum absolute atomic E-state index is 0.359. The van der Waals surface area contributed by atoms with Gasteiger partial charge < -0.3 is 87.1 Å². The largest absolute Gasteiger partial charge is 0.397 e. The molecule has 50 nitrogen and oxygen atoms in total. The molecule has 0 aromatic carbocycles. The minimum atomic E-state index is -6.05. The van der Waals surface area contributed by atoms with Crippen LogP contribution in [0.4, 0.5) is 0 Å². The quantitative estimate of drug-likeness (QED) is 0.0271. The summed E-state index contributed by atoms with van der Waals surface area (Å²) in [6.07, 6.45) is -57.2. The molecule has 13 N–H and O–H groups in total. The molecule has 0 saturated carbocycles. The molecule has 0 aromatic heterocycles. The molecule has 29 atom stereocenters. The zero-order valence-corrected chi connectivity index (χ0v) is 57.7. The fourth-order valence-corrected chi connectivity index (χ4v) is 14.7. The Balaban J connectivity index is 1.42. The Morgan fingerprint density at radius 2 is 0.586 bits per heavy atom. The van der Waals surface area contributed by atoms with E-state index in [0.29, 0.717) is 0 Å². The Bertz CT molecular complexity index is 3600. The van der Waals surface area contributed by atoms with Crippen molar-refractivity contribution in [3.05, 3.63) is 0 Å². The molecule has 99 heavy (non-hydrogen) atoms. The molecule has 6 aliphatic rings. The first-order valence-electron chi connectivity index (χ1n) is 27.9. The summed E-state index contributed by atoms with van der Waals surface area (Å²) in [4.78, 5) is 0. The number of hydrogen-bond donors (Lipinski definition) is 13. The Hall–Kier alpha value is -1.76. The highest BCUT2D eigenvalue weighted by Crippen LogP contribution is 2.40. The monoisotopic (exact) mass is 1620 g/mol. The van der Waals surface area contributed by atoms with E-state index in [2.05, 4.69) is 29.3 Å². The summed E-state index contributed by atoms with van der Waals surface area (Å²) in [5.74, 6) is -5.71. The van der Waals surface area contributed by atoms with Crippen molar-refractivity contribution in [2.24, 2.45) is 23.7 Å². The zero-order valence-electron chi connectivity index (χ0n) is 51.2. The number of aliphatic hydroxyl groups excluding tert-OH is 5. The van der Waals surface area contributed by atoms with Crippen molar-refractivity contribution in [3.63, 3.8) is 0 Å². The molecule has 29 unspecified atom stereocenters. The smallest absolute Gasteiger partial charge is 0.390 e. The lowest BCUT2D eigenvalue weighted by atomic mass is 9.89. The van der Waals surface area contributed by atoms with Gasteiger partial charge in [-0.05, 0) is 0 Å². The molecular weight excluding hydrogens is 1550 g/mol. The average molecular weight is 1620 g/mol. The lowest BCUT2D eigenvalue weighted by Gasteiger charge is -2.49. The number of aliphatic hydroxyl groups is 5. The third-order valence-electron chi connectivity index (χ3n) is 15.6. The molecule has 6 saturated heterocycles. The molecule has 0 bridgehead atoms. The van der Waals surface area contributed by atoms with E-state index < -0.39 is 294 Å². The van der Waals surface area contributed by atoms with Crippen LogP contribution < -0.4 is 0 Å². The van der Waals surface area contributed by atoms with Crippen molar-refractivity contribution in [1.82, 2.24) is 0 Å². The van der Waals surface area contributed by atoms with Gasteiger partial charge >= 0.3 is 83.2 Å². The average Bonchev–Trinajstić information content (AvgIpc) is 0.770. The summed E-state index contributed by atoms with van der Waals surface area (Å²) >= 11 is 0. The fourth-order valence-electron chi connectivity index (χ4n) is 10.8. The van der Waals surface area contributed by atoms with Crippen LogP contribution >= 0.6 is 0 Å². The maximum Gasteiger partial charge on any atom is 0.397 e. The van der Waals surface area contributed by atoms with Gasteiger partial charge in [-0.3, -0.25) is 36.4 Å². The molecule has 0 spiro atoms. The SMILES string of the molecule is COCC1OC(OCC2OC(OCC3OC(OCC4OC(OC)C(OS(=O)(=O)O)C(O)C4C)C(OS(=O)(=O)O)C(O)C3C)C(OS(=O)(=O)O)C(OC3OC(COC4OCC(OS(=O)(=O)O)C(O)C4OS(=O)(=O)O)C(OS(=O)(=O)O)C(O)C3OS(=O)(=O)O)C2C)C(OS(=O)(=O)O)C(O)C1C. The zero-order chi connectivity index (χ0) is 74.8. The number of methoxy groups -OCH3 is 2. The molecular formula is C41H72O50S8. The minimum Gasteiger partial charge on any atom is -0.390 e. The van der Waals surface area contributed by atoms with Gasteiger partial charge in [-0.25, -0.2) is 33.5 Å². The van der Waals surface area contributed by atoms with Gasteiger partial charge in [-0.2, -0.15) is 67.3 Å². The van der Waals surface area contributed by atoms with E-state index in [1.807, 2.05) is 0 Å². The summed E-state index contributed by atoms with van der Waals surface area (Å²) in [6, 6.07) is 0. The second-order valence-electron chi connectivity index (χ2n) is 22.4. The van der Waals surface area contributed by atoms with Gasteiger partial charge in [0.2, 0.25) is 0 Å². The number of ether oxygens (including phenoxy) is 13. The second kappa shape index (κ2) is 34.0. The molecule has 6 heterocycles. The lowest BCUT2D eigenvalue weighted by Crippen LogP contribution is -2.65. The molecule has 0 amide bonds. The van der Waals surface area contributed by atoms with Gasteiger partial charge in [-0.15, -0.1) is 0 Å². The van der Waals surface area contributed by atoms with Gasteiger partial charge in [0.1, 0.15) is 30.5 Å². The highest BCUT2D eigenvalue weighted by molar-refractivity contribution is 7.82. The van der Waals surface area contributed by atoms with Crippen molar-refractivity contribution < 1.29 is 224 Å². The van der Waals surface area contributed by atoms with Crippen LogP contribution in [-0.2, 0) is 178 Å². The topological polar surface area (TPSA) is 730 Å². The van der Waals surface area contributed by atoms with Crippen LogP contribution in [-0.4, -0.2) is 337 Å². The van der Waals surface area contributed by atoms with Crippen LogP contribution in [0.5, 0.6) is 0 Å². The first-order chi connectivity index (χ1) is 45.2. The normalized spacial score (nSPS) is 40.5. The molecule has 0 radical (unpaired) electrons. The maximum atomic E-state index is 13.0. The maximum absolute atomic E-state index is 13.0. The predicted octanol–water partition coefficient (Wildman–Crippen LogP) is -8.44. The second-order valence-corrected chi connectivity index (χ2v) is 30.8. The van der Waals surface area contributed by atoms with Gasteiger partial charge in [0.15, 0.2) is 74.4 Å². The van der Waals surface area contributed by atoms with E-state index in [9.17, 15) is 129 Å². The van der Waals surface area contributed by atoms with Crippen LogP contribution in [0.2, 0.25) is 0 Å². The first kappa shape index (κ1) is 86.2. The highest BCUT2D eigenvalue weighted by atomic mass is 32.3. The molecule has 6 fully saturated rings. The van der Waals surface area contributed by atoms with Crippen molar-refractivity contribution in [2.75, 3.05) is 53.9 Å². The first-order valence-corrected chi connectivity index (χ1v) is 38.8. The highest BCUT2D eigenvalue weighted by Gasteiger charge is 2.58. The van der Waals surface area contributed by atoms with Crippen LogP contribution in [0.15, 0.2) is 0 Å². The Morgan fingerprint density at radius 1 is 0.303 bits per heavy atom. The molecule has 0 aromatic rings. The van der Waals surface area contributed by atoms with Crippen LogP contribution in [0, 0.1) is 23.7 Å². The summed E-state index contributed by atoms with van der Waals surface area (Å²) in [5, 5.41) is 56.4. The van der Waals surface area contributed by atoms with Gasteiger partial charge in [0, 0.05) is 37.9 Å². The van der Waals surface area contributed by atoms with Crippen LogP contribution in [0.3, 0.4) is 0 Å². The lowest BCUT2D eigenvalue weighted by molar-refractivity contribution is -0.360. The van der Waals surface area contributed by atoms with Crippen LogP contribution in [0.25, 0.3) is 0 Å². The Morgan fingerprint density at radius 3 is 0.960 bits per heavy atom. The molecule has 584 valence electrons. The number of hydrogen-bond acceptors (Lipinski definition) is 42. The van der Waals surface area contributed by atoms with Crippen LogP contribution in [0.1, 0.15) is 27.7 Å². The van der Waals surface area contributed by atoms with E-state index in [-0.39, 0.29) is 6.61 Å². The van der Waals surface area contributed by atoms with E-state index in [1.54, 1.807) is 0 Å². The van der Waals surface area contributed by atoms with Crippen molar-refractivity contribution in [1.29, 1.82) is 0 Å². The Labute approximate surface area is 563 Å². The van der Waals surface area contributed by atoms with Crippen molar-refractivity contribution in [2.45, 2.75) is 181 Å². The molecule has 58 heteroatoms. The van der Waals surface area contributed by atoms with Gasteiger partial charge in [0.05, 0.1) is 88.5 Å². The summed E-state index contributed by atoms with van der Waals surface area (Å²) < 4.78 is 382. The standard InChI is InChI=1S/C41H72O50S8/c1-13-17(7-71-5)79-38(31(24(13)43)87-95(56,57)58)76-10-20-16(4)28(83-41-34(90-98(65,66)67)27(46)29(85-93(50,51)52)22(82-41)12-74-37-33(89-97(62,63)64)26(45)21(11-73-37)84-92(47,48)49)35(91-99(68,69)70)40(81-20)77-9-19-15(3)25(44)32(88-96(59,60)61)39(80-19)75-8-18-14(2)23(42)30(36(72-6)78-18)86-94(53,54)55/h13-46H,7-12H2,1-6H3,(H,47,48,49)(H,50,51,52)(H,53,54,55)(H,56,57,58)(H,59,60,61)(H,62,63,64)(H,65,66,67)(H,68,69,70). The molecule has 0 aliphatic carbocycles. The summed E-state index contributed by atoms with van der Waals surface area (Å²) in [6.45, 7) is -1.60. The van der Waals surface area contributed by atoms with Crippen molar-refractivity contribution >= 4 is 83.2 Å². The third-order valence-corrected chi connectivity index (χ3v) is 19.3. The van der Waals surface area contributed by atoms with Gasteiger partial charge in [0.25, 0.3) is 0 Å². The van der Waals surface area contributed by atoms with E-state index in [0.717, 1.165) is 21.0 Å². The van der Waals surface area contributed by atoms with E-state index in [4.69, 9.17) is 65.8 Å². The predicted molar refractivity (Wildman–Crippen MR) is 299 cm³/mol. The van der Waals surface area contributed by atoms with Gasteiger partial charge in [-0.1, -0.05) is 27.7 Å². The molecule has 6 aliphatic heterocycles. The van der Waals surface area contributed by atoms with E-state index >= 15 is 0 Å². The van der Waals surface area contributed by atoms with Crippen molar-refractivity contribution in [3.8, 4) is 0 Å². The fraction of sp³-hybridized carbons (Fsp3) is 1.00. The molecule has 6 rings (SSSR count). The number of rotatable bonds is 33. The summed E-state index contributed by atoms with van der Waals surface area (Å²) in [5.41, 5.74) is 0. The third kappa shape index (κ3) is 25.2. The Kier molecular flexibility index (Phi) is 29.6. The summed E-state index contributed by atoms with van der Waals surface area (Å²) in [7, 11) is -43.5.